The Bertz CT molecular complexity index is 457. The lowest BCUT2D eigenvalue weighted by Crippen LogP contribution is -2.40. The van der Waals surface area contributed by atoms with Gasteiger partial charge in [-0.1, -0.05) is 39.0 Å². The maximum absolute atomic E-state index is 12.4. The highest BCUT2D eigenvalue weighted by Crippen LogP contribution is 2.27. The summed E-state index contributed by atoms with van der Waals surface area (Å²) in [5.41, 5.74) is 0.525. The third kappa shape index (κ3) is 5.38. The molecule has 1 atom stereocenters. The first kappa shape index (κ1) is 17.5. The van der Waals surface area contributed by atoms with E-state index in [2.05, 4.69) is 5.32 Å². The predicted molar refractivity (Wildman–Crippen MR) is 84.4 cm³/mol. The number of hydrogen-bond acceptors (Lipinski definition) is 3. The van der Waals surface area contributed by atoms with Gasteiger partial charge in [-0.25, -0.2) is 0 Å². The molecule has 1 rings (SSSR count). The second-order valence-corrected chi connectivity index (χ2v) is 6.20. The fourth-order valence-corrected chi connectivity index (χ4v) is 2.23. The summed E-state index contributed by atoms with van der Waals surface area (Å²) in [4.78, 5) is 12.4. The van der Waals surface area contributed by atoms with Crippen LogP contribution in [-0.2, 0) is 11.2 Å². The Morgan fingerprint density at radius 3 is 2.67 bits per heavy atom. The monoisotopic (exact) mass is 293 g/mol. The lowest BCUT2D eigenvalue weighted by Gasteiger charge is -2.25. The van der Waals surface area contributed by atoms with E-state index in [4.69, 9.17) is 9.84 Å². The highest BCUT2D eigenvalue weighted by atomic mass is 16.5. The van der Waals surface area contributed by atoms with Gasteiger partial charge in [-0.3, -0.25) is 4.79 Å². The predicted octanol–water partition coefficient (Wildman–Crippen LogP) is 2.40. The molecule has 0 aliphatic rings. The molecule has 0 aromatic heterocycles. The minimum absolute atomic E-state index is 0.0261. The van der Waals surface area contributed by atoms with E-state index in [0.717, 1.165) is 11.3 Å². The zero-order valence-electron chi connectivity index (χ0n) is 13.5. The quantitative estimate of drug-likeness (QED) is 0.774. The molecule has 4 heteroatoms. The van der Waals surface area contributed by atoms with E-state index in [9.17, 15) is 4.79 Å². The Balaban J connectivity index is 2.65. The van der Waals surface area contributed by atoms with Gasteiger partial charge in [0.25, 0.3) is 0 Å². The first-order valence-electron chi connectivity index (χ1n) is 7.41. The van der Waals surface area contributed by atoms with Gasteiger partial charge in [0.15, 0.2) is 0 Å². The summed E-state index contributed by atoms with van der Waals surface area (Å²) in [6.45, 7) is 6.64. The van der Waals surface area contributed by atoms with Gasteiger partial charge >= 0.3 is 0 Å². The molecule has 0 saturated carbocycles. The maximum atomic E-state index is 12.4. The lowest BCUT2D eigenvalue weighted by molar-refractivity contribution is -0.129. The third-order valence-electron chi connectivity index (χ3n) is 3.67. The van der Waals surface area contributed by atoms with E-state index in [-0.39, 0.29) is 18.4 Å². The van der Waals surface area contributed by atoms with Crippen molar-refractivity contribution in [3.05, 3.63) is 29.8 Å². The Morgan fingerprint density at radius 1 is 1.38 bits per heavy atom. The van der Waals surface area contributed by atoms with Gasteiger partial charge in [-0.05, 0) is 30.4 Å². The number of nitrogens with one attached hydrogen (secondary N) is 1. The van der Waals surface area contributed by atoms with Crippen molar-refractivity contribution in [2.24, 2.45) is 11.3 Å². The van der Waals surface area contributed by atoms with E-state index < -0.39 is 5.41 Å². The number of carbonyl (C=O) groups is 1. The molecule has 0 bridgehead atoms. The molecule has 1 aromatic carbocycles. The molecule has 118 valence electrons. The maximum Gasteiger partial charge on any atom is 0.226 e. The van der Waals surface area contributed by atoms with Crippen molar-refractivity contribution in [2.45, 2.75) is 33.6 Å². The number of ether oxygens (including phenoxy) is 1. The Morgan fingerprint density at radius 2 is 2.05 bits per heavy atom. The average Bonchev–Trinajstić information content (AvgIpc) is 2.45. The van der Waals surface area contributed by atoms with Crippen LogP contribution in [0.15, 0.2) is 24.3 Å². The average molecular weight is 293 g/mol. The summed E-state index contributed by atoms with van der Waals surface area (Å²) in [5.74, 6) is 1.12. The van der Waals surface area contributed by atoms with E-state index >= 15 is 0 Å². The van der Waals surface area contributed by atoms with Crippen molar-refractivity contribution >= 4 is 5.91 Å². The van der Waals surface area contributed by atoms with Crippen LogP contribution in [0.2, 0.25) is 0 Å². The molecule has 1 aromatic rings. The Labute approximate surface area is 127 Å². The van der Waals surface area contributed by atoms with Gasteiger partial charge in [0, 0.05) is 18.6 Å². The van der Waals surface area contributed by atoms with Crippen molar-refractivity contribution in [2.75, 3.05) is 20.3 Å². The van der Waals surface area contributed by atoms with Crippen molar-refractivity contribution in [3.63, 3.8) is 0 Å². The molecular formula is C17H27NO3. The molecular weight excluding hydrogens is 266 g/mol. The first-order chi connectivity index (χ1) is 9.90. The van der Waals surface area contributed by atoms with Crippen LogP contribution < -0.4 is 10.1 Å². The van der Waals surface area contributed by atoms with Gasteiger partial charge in [0.2, 0.25) is 5.91 Å². The largest absolute Gasteiger partial charge is 0.496 e. The summed E-state index contributed by atoms with van der Waals surface area (Å²) in [6.07, 6.45) is 1.32. The van der Waals surface area contributed by atoms with Crippen molar-refractivity contribution in [1.82, 2.24) is 5.32 Å². The van der Waals surface area contributed by atoms with Crippen LogP contribution in [-0.4, -0.2) is 31.3 Å². The number of para-hydroxylation sites is 1. The SMILES string of the molecule is COc1ccccc1CC(C)(C)C(=O)NCC(C)CCO. The molecule has 0 fully saturated rings. The molecule has 0 heterocycles. The molecule has 0 aliphatic carbocycles. The van der Waals surface area contributed by atoms with Crippen LogP contribution in [0.4, 0.5) is 0 Å². The second kappa shape index (κ2) is 8.03. The summed E-state index contributed by atoms with van der Waals surface area (Å²) in [7, 11) is 1.64. The number of aliphatic hydroxyl groups excluding tert-OH is 1. The number of benzene rings is 1. The third-order valence-corrected chi connectivity index (χ3v) is 3.67. The standard InChI is InChI=1S/C17H27NO3/c1-13(9-10-19)12-18-16(20)17(2,3)11-14-7-5-6-8-15(14)21-4/h5-8,13,19H,9-12H2,1-4H3,(H,18,20). The van der Waals surface area contributed by atoms with Crippen molar-refractivity contribution < 1.29 is 14.6 Å². The number of aliphatic hydroxyl groups is 1. The van der Waals surface area contributed by atoms with Gasteiger partial charge in [0.1, 0.15) is 5.75 Å². The van der Waals surface area contributed by atoms with Crippen LogP contribution in [0, 0.1) is 11.3 Å². The minimum Gasteiger partial charge on any atom is -0.496 e. The molecule has 2 N–H and O–H groups in total. The van der Waals surface area contributed by atoms with Crippen LogP contribution >= 0.6 is 0 Å². The normalized spacial score (nSPS) is 12.8. The molecule has 21 heavy (non-hydrogen) atoms. The zero-order chi connectivity index (χ0) is 15.9. The van der Waals surface area contributed by atoms with Gasteiger partial charge in [-0.2, -0.15) is 0 Å². The molecule has 0 radical (unpaired) electrons. The van der Waals surface area contributed by atoms with E-state index in [1.54, 1.807) is 7.11 Å². The van der Waals surface area contributed by atoms with Crippen LogP contribution in [0.25, 0.3) is 0 Å². The molecule has 0 spiro atoms. The second-order valence-electron chi connectivity index (χ2n) is 6.20. The summed E-state index contributed by atoms with van der Waals surface area (Å²) in [5, 5.41) is 11.9. The van der Waals surface area contributed by atoms with E-state index in [1.165, 1.54) is 0 Å². The Kier molecular flexibility index (Phi) is 6.69. The number of amides is 1. The number of methoxy groups -OCH3 is 1. The topological polar surface area (TPSA) is 58.6 Å². The number of hydrogen-bond donors (Lipinski definition) is 2. The van der Waals surface area contributed by atoms with Crippen molar-refractivity contribution in [3.8, 4) is 5.75 Å². The molecule has 1 unspecified atom stereocenters. The van der Waals surface area contributed by atoms with Gasteiger partial charge in [0.05, 0.1) is 7.11 Å². The summed E-state index contributed by atoms with van der Waals surface area (Å²) >= 11 is 0. The lowest BCUT2D eigenvalue weighted by atomic mass is 9.84. The fourth-order valence-electron chi connectivity index (χ4n) is 2.23. The highest BCUT2D eigenvalue weighted by Gasteiger charge is 2.29. The number of rotatable bonds is 8. The molecule has 4 nitrogen and oxygen atoms in total. The number of carbonyl (C=O) groups excluding carboxylic acids is 1. The first-order valence-corrected chi connectivity index (χ1v) is 7.41. The Hall–Kier alpha value is -1.55. The smallest absolute Gasteiger partial charge is 0.226 e. The van der Waals surface area contributed by atoms with Crippen molar-refractivity contribution in [1.29, 1.82) is 0 Å². The fraction of sp³-hybridized carbons (Fsp3) is 0.588. The summed E-state index contributed by atoms with van der Waals surface area (Å²) < 4.78 is 5.34. The van der Waals surface area contributed by atoms with Gasteiger partial charge < -0.3 is 15.2 Å². The van der Waals surface area contributed by atoms with Crippen LogP contribution in [0.1, 0.15) is 32.8 Å². The minimum atomic E-state index is -0.506. The van der Waals surface area contributed by atoms with Gasteiger partial charge in [-0.15, -0.1) is 0 Å². The molecule has 0 saturated heterocycles. The summed E-state index contributed by atoms with van der Waals surface area (Å²) in [6, 6.07) is 7.77. The van der Waals surface area contributed by atoms with E-state index in [0.29, 0.717) is 19.4 Å². The molecule has 1 amide bonds. The van der Waals surface area contributed by atoms with E-state index in [1.807, 2.05) is 45.0 Å². The highest BCUT2D eigenvalue weighted by molar-refractivity contribution is 5.82. The molecule has 0 aliphatic heterocycles. The van der Waals surface area contributed by atoms with Crippen LogP contribution in [0.3, 0.4) is 0 Å². The van der Waals surface area contributed by atoms with Crippen LogP contribution in [0.5, 0.6) is 5.75 Å². The zero-order valence-corrected chi connectivity index (χ0v) is 13.5.